The first-order valence-electron chi connectivity index (χ1n) is 16.9. The summed E-state index contributed by atoms with van der Waals surface area (Å²) in [7, 11) is 0. The normalized spacial score (nSPS) is 15.2. The summed E-state index contributed by atoms with van der Waals surface area (Å²) in [6.07, 6.45) is 36.3. The molecule has 0 saturated carbocycles. The van der Waals surface area contributed by atoms with Crippen molar-refractivity contribution in [1.82, 2.24) is 15.6 Å². The summed E-state index contributed by atoms with van der Waals surface area (Å²) < 4.78 is 0. The molecule has 2 aromatic rings. The van der Waals surface area contributed by atoms with Crippen LogP contribution in [0.25, 0.3) is 10.8 Å². The topological polar surface area (TPSA) is 72.8 Å². The van der Waals surface area contributed by atoms with Crippen LogP contribution in [0.15, 0.2) is 150 Å². The third kappa shape index (κ3) is 12.4. The molecule has 246 valence electrons. The van der Waals surface area contributed by atoms with Gasteiger partial charge in [0.05, 0.1) is 0 Å². The van der Waals surface area contributed by atoms with E-state index in [-0.39, 0.29) is 6.04 Å². The number of aromatic nitrogens is 1. The van der Waals surface area contributed by atoms with Crippen molar-refractivity contribution in [2.75, 3.05) is 5.32 Å². The van der Waals surface area contributed by atoms with Gasteiger partial charge in [-0.2, -0.15) is 0 Å². The van der Waals surface area contributed by atoms with E-state index in [0.717, 1.165) is 76.9 Å². The standard InChI is InChI=1S/C42H53N5/c1-7-14-36(15-8-2)30-44-38(16-9-3)25-22-33(6)46-32(5)21-23-35(27-28-43)29-37-31-45-42(41-20-12-11-19-40(37)41)47-39-18-13-17-34(10-4)24-26-39/h7,11-12,14,16-28,30-32,43-44,46H,6,8-10,13,15,29H2,1-5H3,(H,45,47)/b14-7-,23-21?,25-22-,35-27+,36-30+,38-16+,43-28?. The Morgan fingerprint density at radius 3 is 2.55 bits per heavy atom. The lowest BCUT2D eigenvalue weighted by Crippen LogP contribution is -2.21. The second-order valence-corrected chi connectivity index (χ2v) is 11.6. The highest BCUT2D eigenvalue weighted by Gasteiger charge is 2.10. The third-order valence-electron chi connectivity index (χ3n) is 7.68. The maximum Gasteiger partial charge on any atom is 0.138 e. The predicted octanol–water partition coefficient (Wildman–Crippen LogP) is 10.7. The van der Waals surface area contributed by atoms with Gasteiger partial charge in [-0.25, -0.2) is 4.98 Å². The fourth-order valence-corrected chi connectivity index (χ4v) is 5.28. The molecule has 5 heteroatoms. The third-order valence-corrected chi connectivity index (χ3v) is 7.68. The maximum atomic E-state index is 7.78. The zero-order valence-electron chi connectivity index (χ0n) is 28.9. The number of anilines is 1. The van der Waals surface area contributed by atoms with E-state index in [1.807, 2.05) is 25.3 Å². The summed E-state index contributed by atoms with van der Waals surface area (Å²) in [6, 6.07) is 8.43. The summed E-state index contributed by atoms with van der Waals surface area (Å²) in [4.78, 5) is 4.85. The van der Waals surface area contributed by atoms with E-state index in [1.54, 1.807) is 0 Å². The average Bonchev–Trinajstić information content (AvgIpc) is 3.31. The van der Waals surface area contributed by atoms with Crippen molar-refractivity contribution >= 4 is 22.8 Å². The first kappa shape index (κ1) is 36.6. The van der Waals surface area contributed by atoms with Gasteiger partial charge < -0.3 is 21.4 Å². The van der Waals surface area contributed by atoms with E-state index in [2.05, 4.69) is 141 Å². The van der Waals surface area contributed by atoms with Gasteiger partial charge in [-0.1, -0.05) is 112 Å². The van der Waals surface area contributed by atoms with Crippen molar-refractivity contribution in [1.29, 1.82) is 5.41 Å². The lowest BCUT2D eigenvalue weighted by molar-refractivity contribution is 0.744. The van der Waals surface area contributed by atoms with Gasteiger partial charge in [0.25, 0.3) is 0 Å². The molecule has 0 spiro atoms. The minimum absolute atomic E-state index is 0.0451. The Morgan fingerprint density at radius 2 is 1.83 bits per heavy atom. The number of rotatable bonds is 18. The first-order valence-corrected chi connectivity index (χ1v) is 16.9. The molecule has 1 atom stereocenters. The molecule has 1 aliphatic carbocycles. The molecule has 47 heavy (non-hydrogen) atoms. The smallest absolute Gasteiger partial charge is 0.138 e. The lowest BCUT2D eigenvalue weighted by atomic mass is 9.99. The molecule has 5 nitrogen and oxygen atoms in total. The molecule has 0 amide bonds. The Morgan fingerprint density at radius 1 is 1.02 bits per heavy atom. The number of hydrogen-bond donors (Lipinski definition) is 4. The van der Waals surface area contributed by atoms with Crippen LogP contribution in [-0.4, -0.2) is 17.2 Å². The number of nitrogens with zero attached hydrogens (tertiary/aromatic N) is 1. The molecule has 1 unspecified atom stereocenters. The van der Waals surface area contributed by atoms with Crippen LogP contribution in [0, 0.1) is 5.41 Å². The molecule has 0 fully saturated rings. The highest BCUT2D eigenvalue weighted by atomic mass is 15.0. The largest absolute Gasteiger partial charge is 0.380 e. The van der Waals surface area contributed by atoms with Crippen molar-refractivity contribution in [3.63, 3.8) is 0 Å². The molecule has 1 aliphatic rings. The van der Waals surface area contributed by atoms with Crippen LogP contribution < -0.4 is 16.0 Å². The van der Waals surface area contributed by atoms with Gasteiger partial charge >= 0.3 is 0 Å². The lowest BCUT2D eigenvalue weighted by Gasteiger charge is -2.14. The van der Waals surface area contributed by atoms with Gasteiger partial charge in [0.2, 0.25) is 0 Å². The van der Waals surface area contributed by atoms with Crippen LogP contribution in [0.4, 0.5) is 5.82 Å². The number of fused-ring (bicyclic) bond motifs is 1. The molecule has 3 rings (SSSR count). The maximum absolute atomic E-state index is 7.78. The second kappa shape index (κ2) is 20.3. The van der Waals surface area contributed by atoms with Crippen LogP contribution in [0.3, 0.4) is 0 Å². The Bertz CT molecular complexity index is 1640. The zero-order valence-corrected chi connectivity index (χ0v) is 28.9. The summed E-state index contributed by atoms with van der Waals surface area (Å²) in [6.45, 7) is 14.9. The average molecular weight is 628 g/mol. The summed E-state index contributed by atoms with van der Waals surface area (Å²) in [5, 5.41) is 20.5. The number of pyridine rings is 1. The molecule has 4 N–H and O–H groups in total. The monoisotopic (exact) mass is 627 g/mol. The molecular formula is C42H53N5. The summed E-state index contributed by atoms with van der Waals surface area (Å²) >= 11 is 0. The van der Waals surface area contributed by atoms with Crippen molar-refractivity contribution in [3.05, 3.63) is 156 Å². The number of allylic oxidation sites excluding steroid dienone is 14. The summed E-state index contributed by atoms with van der Waals surface area (Å²) in [5.74, 6) is 0.847. The predicted molar refractivity (Wildman–Crippen MR) is 205 cm³/mol. The van der Waals surface area contributed by atoms with Gasteiger partial charge in [-0.05, 0) is 92.4 Å². The van der Waals surface area contributed by atoms with Gasteiger partial charge in [-0.15, -0.1) is 0 Å². The zero-order chi connectivity index (χ0) is 33.9. The van der Waals surface area contributed by atoms with E-state index >= 15 is 0 Å². The molecule has 0 radical (unpaired) electrons. The fraction of sp³-hybridized carbons (Fsp3) is 0.286. The highest BCUT2D eigenvalue weighted by Crippen LogP contribution is 2.28. The molecule has 1 aromatic heterocycles. The SMILES string of the molecule is C=C(/C=C\C(=C/CC)N/C=C(\C=C/C)CCC)NC(C)C=C/C(=C\C=N)Cc1cnc(NC2=CCC=C(CC)C=C2)c2ccccc12. The van der Waals surface area contributed by atoms with Crippen molar-refractivity contribution in [2.24, 2.45) is 0 Å². The van der Waals surface area contributed by atoms with Crippen LogP contribution >= 0.6 is 0 Å². The van der Waals surface area contributed by atoms with Crippen LogP contribution in [0.2, 0.25) is 0 Å². The Hall–Kier alpha value is -4.90. The van der Waals surface area contributed by atoms with Crippen molar-refractivity contribution < 1.29 is 0 Å². The van der Waals surface area contributed by atoms with E-state index in [1.165, 1.54) is 17.4 Å². The fourth-order valence-electron chi connectivity index (χ4n) is 5.28. The minimum Gasteiger partial charge on any atom is -0.380 e. The van der Waals surface area contributed by atoms with Gasteiger partial charge in [0.15, 0.2) is 0 Å². The van der Waals surface area contributed by atoms with Gasteiger partial charge in [0.1, 0.15) is 5.82 Å². The number of nitrogens with one attached hydrogen (secondary N) is 4. The van der Waals surface area contributed by atoms with Gasteiger partial charge in [-0.3, -0.25) is 0 Å². The van der Waals surface area contributed by atoms with Crippen molar-refractivity contribution in [3.8, 4) is 0 Å². The minimum atomic E-state index is 0.0451. The Kier molecular flexibility index (Phi) is 15.8. The van der Waals surface area contributed by atoms with Gasteiger partial charge in [0, 0.05) is 47.1 Å². The molecule has 1 aromatic carbocycles. The molecule has 0 saturated heterocycles. The molecule has 0 bridgehead atoms. The second-order valence-electron chi connectivity index (χ2n) is 11.6. The molecule has 1 heterocycles. The Balaban J connectivity index is 1.68. The van der Waals surface area contributed by atoms with E-state index < -0.39 is 0 Å². The molecule has 0 aliphatic heterocycles. The van der Waals surface area contributed by atoms with Crippen LogP contribution in [-0.2, 0) is 6.42 Å². The van der Waals surface area contributed by atoms with E-state index in [4.69, 9.17) is 10.4 Å². The number of benzene rings is 1. The number of hydrogen-bond acceptors (Lipinski definition) is 5. The van der Waals surface area contributed by atoms with Crippen LogP contribution in [0.5, 0.6) is 0 Å². The van der Waals surface area contributed by atoms with Crippen LogP contribution in [0.1, 0.15) is 72.3 Å². The Labute approximate surface area is 283 Å². The quantitative estimate of drug-likeness (QED) is 0.0980. The molecular weight excluding hydrogens is 574 g/mol. The highest BCUT2D eigenvalue weighted by molar-refractivity contribution is 5.95. The van der Waals surface area contributed by atoms with E-state index in [0.29, 0.717) is 6.42 Å². The van der Waals surface area contributed by atoms with E-state index in [9.17, 15) is 0 Å². The first-order chi connectivity index (χ1) is 22.9. The van der Waals surface area contributed by atoms with Crippen molar-refractivity contribution in [2.45, 2.75) is 79.2 Å². The summed E-state index contributed by atoms with van der Waals surface area (Å²) in [5.41, 5.74) is 7.69.